The number of carbonyl (C=O) groups excluding carboxylic acids is 1. The van der Waals surface area contributed by atoms with E-state index in [-0.39, 0.29) is 18.3 Å². The van der Waals surface area contributed by atoms with E-state index in [9.17, 15) is 14.3 Å². The number of benzene rings is 1. The van der Waals surface area contributed by atoms with E-state index in [1.165, 1.54) is 11.0 Å². The van der Waals surface area contributed by atoms with Crippen molar-refractivity contribution in [1.82, 2.24) is 4.90 Å². The Bertz CT molecular complexity index is 486. The lowest BCUT2D eigenvalue weighted by Gasteiger charge is -2.27. The van der Waals surface area contributed by atoms with E-state index in [0.717, 1.165) is 17.3 Å². The molecule has 0 unspecified atom stereocenters. The first-order valence-corrected chi connectivity index (χ1v) is 7.13. The fourth-order valence-corrected chi connectivity index (χ4v) is 2.93. The molecule has 1 aromatic carbocycles. The van der Waals surface area contributed by atoms with Crippen LogP contribution in [0.25, 0.3) is 0 Å². The van der Waals surface area contributed by atoms with Gasteiger partial charge < -0.3 is 10.0 Å². The molecule has 0 spiro atoms. The monoisotopic (exact) mass is 329 g/mol. The Balaban J connectivity index is 2.10. The number of carbonyl (C=O) groups is 1. The van der Waals surface area contributed by atoms with Crippen LogP contribution in [-0.4, -0.2) is 28.6 Å². The first-order chi connectivity index (χ1) is 8.92. The lowest BCUT2D eigenvalue weighted by molar-refractivity contribution is -0.149. The molecule has 0 saturated heterocycles. The maximum absolute atomic E-state index is 13.6. The maximum atomic E-state index is 13.6. The summed E-state index contributed by atoms with van der Waals surface area (Å²) in [6.07, 6.45) is 2.72. The van der Waals surface area contributed by atoms with Crippen molar-refractivity contribution in [3.63, 3.8) is 0 Å². The molecule has 1 fully saturated rings. The molecule has 0 aliphatic heterocycles. The van der Waals surface area contributed by atoms with Gasteiger partial charge in [-0.15, -0.1) is 0 Å². The van der Waals surface area contributed by atoms with Gasteiger partial charge in [0.05, 0.1) is 0 Å². The molecular weight excluding hydrogens is 313 g/mol. The third-order valence-electron chi connectivity index (χ3n) is 3.59. The molecule has 0 radical (unpaired) electrons. The molecule has 1 amide bonds. The van der Waals surface area contributed by atoms with Gasteiger partial charge in [0.2, 0.25) is 0 Å². The number of rotatable bonds is 3. The van der Waals surface area contributed by atoms with Gasteiger partial charge in [0, 0.05) is 23.6 Å². The highest BCUT2D eigenvalue weighted by molar-refractivity contribution is 9.10. The summed E-state index contributed by atoms with van der Waals surface area (Å²) >= 11 is 3.28. The number of nitrogens with zero attached hydrogens (tertiary/aromatic N) is 1. The van der Waals surface area contributed by atoms with Crippen LogP contribution in [0.4, 0.5) is 4.39 Å². The van der Waals surface area contributed by atoms with Gasteiger partial charge in [-0.05, 0) is 43.9 Å². The van der Waals surface area contributed by atoms with E-state index in [1.807, 2.05) is 0 Å². The average molecular weight is 330 g/mol. The third kappa shape index (κ3) is 3.15. The molecular formula is C14H17BrFNO2. The molecule has 104 valence electrons. The van der Waals surface area contributed by atoms with Crippen molar-refractivity contribution < 1.29 is 14.3 Å². The van der Waals surface area contributed by atoms with Crippen LogP contribution in [0.3, 0.4) is 0 Å². The first kappa shape index (κ1) is 14.5. The van der Waals surface area contributed by atoms with Crippen LogP contribution >= 0.6 is 15.9 Å². The molecule has 0 heterocycles. The van der Waals surface area contributed by atoms with Crippen LogP contribution in [0.1, 0.15) is 31.2 Å². The first-order valence-electron chi connectivity index (χ1n) is 6.34. The molecule has 19 heavy (non-hydrogen) atoms. The largest absolute Gasteiger partial charge is 0.380 e. The van der Waals surface area contributed by atoms with Gasteiger partial charge in [-0.1, -0.05) is 15.9 Å². The van der Waals surface area contributed by atoms with Gasteiger partial charge in [-0.3, -0.25) is 4.79 Å². The van der Waals surface area contributed by atoms with Crippen LogP contribution < -0.4 is 0 Å². The van der Waals surface area contributed by atoms with Crippen LogP contribution in [0.15, 0.2) is 22.7 Å². The summed E-state index contributed by atoms with van der Waals surface area (Å²) < 4.78 is 14.4. The predicted octanol–water partition coefficient (Wildman–Crippen LogP) is 2.85. The van der Waals surface area contributed by atoms with Crippen LogP contribution in [0.2, 0.25) is 0 Å². The second-order valence-corrected chi connectivity index (χ2v) is 6.05. The molecule has 5 heteroatoms. The van der Waals surface area contributed by atoms with Crippen molar-refractivity contribution in [3.05, 3.63) is 34.1 Å². The molecule has 0 atom stereocenters. The Morgan fingerprint density at radius 2 is 2.11 bits per heavy atom. The molecule has 1 saturated carbocycles. The standard InChI is InChI=1S/C14H17BrFNO2/c1-17(13(18)14(19)6-2-3-7-14)9-10-8-11(15)4-5-12(10)16/h4-5,8,19H,2-3,6-7,9H2,1H3. The van der Waals surface area contributed by atoms with Crippen molar-refractivity contribution >= 4 is 21.8 Å². The van der Waals surface area contributed by atoms with Crippen LogP contribution in [0.5, 0.6) is 0 Å². The minimum absolute atomic E-state index is 0.159. The Labute approximate surface area is 120 Å². The van der Waals surface area contributed by atoms with Crippen LogP contribution in [0, 0.1) is 5.82 Å². The second-order valence-electron chi connectivity index (χ2n) is 5.14. The highest BCUT2D eigenvalue weighted by Crippen LogP contribution is 2.31. The smallest absolute Gasteiger partial charge is 0.254 e. The highest BCUT2D eigenvalue weighted by atomic mass is 79.9. The Morgan fingerprint density at radius 3 is 2.74 bits per heavy atom. The number of likely N-dealkylation sites (N-methyl/N-ethyl adjacent to an activating group) is 1. The fraction of sp³-hybridized carbons (Fsp3) is 0.500. The molecule has 0 bridgehead atoms. The van der Waals surface area contributed by atoms with Crippen molar-refractivity contribution in [2.24, 2.45) is 0 Å². The summed E-state index contributed by atoms with van der Waals surface area (Å²) in [5, 5.41) is 10.2. The minimum atomic E-state index is -1.25. The van der Waals surface area contributed by atoms with E-state index in [1.54, 1.807) is 19.2 Å². The van der Waals surface area contributed by atoms with Gasteiger partial charge in [0.15, 0.2) is 0 Å². The second kappa shape index (κ2) is 5.59. The molecule has 1 aliphatic rings. The topological polar surface area (TPSA) is 40.5 Å². The van der Waals surface area contributed by atoms with Crippen molar-refractivity contribution in [1.29, 1.82) is 0 Å². The molecule has 1 aromatic rings. The lowest BCUT2D eigenvalue weighted by atomic mass is 10.0. The molecule has 1 aliphatic carbocycles. The summed E-state index contributed by atoms with van der Waals surface area (Å²) in [5.74, 6) is -0.661. The number of hydrogen-bond donors (Lipinski definition) is 1. The van der Waals surface area contributed by atoms with Crippen molar-refractivity contribution in [2.75, 3.05) is 7.05 Å². The van der Waals surface area contributed by atoms with E-state index < -0.39 is 5.60 Å². The normalized spacial score (nSPS) is 17.5. The summed E-state index contributed by atoms with van der Waals surface area (Å²) in [7, 11) is 1.60. The highest BCUT2D eigenvalue weighted by Gasteiger charge is 2.40. The summed E-state index contributed by atoms with van der Waals surface area (Å²) in [6, 6.07) is 4.63. The SMILES string of the molecule is CN(Cc1cc(Br)ccc1F)C(=O)C1(O)CCCC1. The third-order valence-corrected chi connectivity index (χ3v) is 4.08. The van der Waals surface area contributed by atoms with Crippen molar-refractivity contribution in [2.45, 2.75) is 37.8 Å². The minimum Gasteiger partial charge on any atom is -0.380 e. The number of halogens is 2. The quantitative estimate of drug-likeness (QED) is 0.926. The molecule has 0 aromatic heterocycles. The zero-order valence-electron chi connectivity index (χ0n) is 10.8. The van der Waals surface area contributed by atoms with Gasteiger partial charge in [-0.2, -0.15) is 0 Å². The number of amides is 1. The maximum Gasteiger partial charge on any atom is 0.254 e. The summed E-state index contributed by atoms with van der Waals surface area (Å²) in [6.45, 7) is 0.159. The van der Waals surface area contributed by atoms with E-state index >= 15 is 0 Å². The summed E-state index contributed by atoms with van der Waals surface area (Å²) in [4.78, 5) is 13.6. The van der Waals surface area contributed by atoms with Crippen molar-refractivity contribution in [3.8, 4) is 0 Å². The number of hydrogen-bond acceptors (Lipinski definition) is 2. The Hall–Kier alpha value is -0.940. The van der Waals surface area contributed by atoms with Crippen LogP contribution in [-0.2, 0) is 11.3 Å². The van der Waals surface area contributed by atoms with E-state index in [0.29, 0.717) is 18.4 Å². The summed E-state index contributed by atoms with van der Waals surface area (Å²) in [5.41, 5.74) is -0.816. The Morgan fingerprint density at radius 1 is 1.47 bits per heavy atom. The fourth-order valence-electron chi connectivity index (χ4n) is 2.52. The van der Waals surface area contributed by atoms with Gasteiger partial charge in [0.25, 0.3) is 5.91 Å². The van der Waals surface area contributed by atoms with Gasteiger partial charge in [-0.25, -0.2) is 4.39 Å². The average Bonchev–Trinajstić information content (AvgIpc) is 2.81. The number of aliphatic hydroxyl groups is 1. The molecule has 2 rings (SSSR count). The van der Waals surface area contributed by atoms with Gasteiger partial charge >= 0.3 is 0 Å². The Kier molecular flexibility index (Phi) is 4.26. The van der Waals surface area contributed by atoms with Gasteiger partial charge in [0.1, 0.15) is 11.4 Å². The van der Waals surface area contributed by atoms with E-state index in [2.05, 4.69) is 15.9 Å². The zero-order valence-corrected chi connectivity index (χ0v) is 12.4. The van der Waals surface area contributed by atoms with E-state index in [4.69, 9.17) is 0 Å². The lowest BCUT2D eigenvalue weighted by Crippen LogP contribution is -2.45. The molecule has 3 nitrogen and oxygen atoms in total. The molecule has 1 N–H and O–H groups in total. The zero-order chi connectivity index (χ0) is 14.0. The predicted molar refractivity (Wildman–Crippen MR) is 74.0 cm³/mol.